The summed E-state index contributed by atoms with van der Waals surface area (Å²) in [5, 5.41) is 11.3. The van der Waals surface area contributed by atoms with Crippen LogP contribution < -0.4 is 20.7 Å². The molecule has 0 aliphatic heterocycles. The van der Waals surface area contributed by atoms with Gasteiger partial charge in [-0.05, 0) is 74.1 Å². The van der Waals surface area contributed by atoms with Gasteiger partial charge in [0.15, 0.2) is 0 Å². The van der Waals surface area contributed by atoms with Crippen LogP contribution in [0.2, 0.25) is 0 Å². The monoisotopic (exact) mass is 629 g/mol. The smallest absolute Gasteiger partial charge is 0.405 e. The zero-order valence-corrected chi connectivity index (χ0v) is 23.6. The summed E-state index contributed by atoms with van der Waals surface area (Å²) in [6.07, 6.45) is -0.208. The molecule has 10 heteroatoms. The molecule has 0 amide bonds. The molecule has 4 aromatic rings. The van der Waals surface area contributed by atoms with Gasteiger partial charge in [-0.3, -0.25) is 0 Å². The molecule has 0 bridgehead atoms. The van der Waals surface area contributed by atoms with E-state index in [9.17, 15) is 13.2 Å². The van der Waals surface area contributed by atoms with Gasteiger partial charge in [0, 0.05) is 39.7 Å². The molecule has 218 valence electrons. The minimum absolute atomic E-state index is 0. The second-order valence-corrected chi connectivity index (χ2v) is 10.9. The first-order valence-electron chi connectivity index (χ1n) is 13.4. The molecular weight excluding hydrogens is 595 g/mol. The van der Waals surface area contributed by atoms with E-state index in [2.05, 4.69) is 67.8 Å². The number of hydrogen-bond acceptors (Lipinski definition) is 6. The number of benzene rings is 3. The number of nitrogens with zero attached hydrogens (tertiary/aromatic N) is 2. The maximum atomic E-state index is 12.8. The second kappa shape index (κ2) is 13.5. The Balaban J connectivity index is 0.00000387. The fourth-order valence-electron chi connectivity index (χ4n) is 4.97. The minimum atomic E-state index is -4.74. The van der Waals surface area contributed by atoms with Crippen molar-refractivity contribution in [3.8, 4) is 5.75 Å². The number of hydrogen-bond donors (Lipinski definition) is 3. The molecule has 41 heavy (non-hydrogen) atoms. The van der Waals surface area contributed by atoms with Crippen LogP contribution >= 0.6 is 15.9 Å². The van der Waals surface area contributed by atoms with Gasteiger partial charge < -0.3 is 20.7 Å². The average molecular weight is 631 g/mol. The van der Waals surface area contributed by atoms with Crippen LogP contribution in [-0.2, 0) is 13.0 Å². The van der Waals surface area contributed by atoms with E-state index in [0.29, 0.717) is 22.5 Å². The SMILES string of the molecule is C.CCc1ccc(Nc2nc(NC3CCC(NCc4ccc(Br)cc4OC(F)(F)F)CC3)nc3ccccc23)cc1. The second-order valence-electron chi connectivity index (χ2n) is 9.96. The molecule has 1 aliphatic carbocycles. The first kappa shape index (κ1) is 30.6. The van der Waals surface area contributed by atoms with Gasteiger partial charge in [-0.25, -0.2) is 4.98 Å². The third-order valence-electron chi connectivity index (χ3n) is 7.12. The van der Waals surface area contributed by atoms with Gasteiger partial charge in [-0.2, -0.15) is 4.98 Å². The van der Waals surface area contributed by atoms with E-state index in [1.54, 1.807) is 12.1 Å². The quantitative estimate of drug-likeness (QED) is 0.172. The third-order valence-corrected chi connectivity index (χ3v) is 7.62. The normalized spacial score (nSPS) is 17.1. The number of rotatable bonds is 9. The van der Waals surface area contributed by atoms with Crippen LogP contribution in [-0.4, -0.2) is 28.4 Å². The van der Waals surface area contributed by atoms with Crippen molar-refractivity contribution in [2.24, 2.45) is 0 Å². The fourth-order valence-corrected chi connectivity index (χ4v) is 5.31. The van der Waals surface area contributed by atoms with Gasteiger partial charge in [0.1, 0.15) is 11.6 Å². The number of aryl methyl sites for hydroxylation is 1. The predicted molar refractivity (Wildman–Crippen MR) is 163 cm³/mol. The summed E-state index contributed by atoms with van der Waals surface area (Å²) < 4.78 is 43.3. The molecule has 1 heterocycles. The minimum Gasteiger partial charge on any atom is -0.405 e. The Labute approximate surface area is 247 Å². The van der Waals surface area contributed by atoms with Crippen LogP contribution in [0.3, 0.4) is 0 Å². The molecule has 0 saturated heterocycles. The first-order valence-corrected chi connectivity index (χ1v) is 14.2. The highest BCUT2D eigenvalue weighted by atomic mass is 79.9. The van der Waals surface area contributed by atoms with Crippen LogP contribution in [0.15, 0.2) is 71.2 Å². The number of anilines is 3. The Morgan fingerprint density at radius 3 is 2.34 bits per heavy atom. The highest BCUT2D eigenvalue weighted by Gasteiger charge is 2.32. The van der Waals surface area contributed by atoms with E-state index in [1.807, 2.05) is 24.3 Å². The van der Waals surface area contributed by atoms with E-state index in [0.717, 1.165) is 54.5 Å². The van der Waals surface area contributed by atoms with Gasteiger partial charge >= 0.3 is 6.36 Å². The van der Waals surface area contributed by atoms with Crippen LogP contribution in [0.1, 0.15) is 51.2 Å². The number of aromatic nitrogens is 2. The molecule has 6 nitrogen and oxygen atoms in total. The Morgan fingerprint density at radius 2 is 1.63 bits per heavy atom. The Hall–Kier alpha value is -3.37. The van der Waals surface area contributed by atoms with E-state index < -0.39 is 6.36 Å². The van der Waals surface area contributed by atoms with Gasteiger partial charge in [0.2, 0.25) is 5.95 Å². The van der Waals surface area contributed by atoms with Gasteiger partial charge in [0.25, 0.3) is 0 Å². The van der Waals surface area contributed by atoms with Crippen LogP contribution in [0.4, 0.5) is 30.6 Å². The Morgan fingerprint density at radius 1 is 0.927 bits per heavy atom. The molecule has 1 aliphatic rings. The first-order chi connectivity index (χ1) is 19.3. The molecule has 0 radical (unpaired) electrons. The molecule has 1 saturated carbocycles. The van der Waals surface area contributed by atoms with Gasteiger partial charge in [0.05, 0.1) is 5.52 Å². The van der Waals surface area contributed by atoms with Crippen molar-refractivity contribution < 1.29 is 17.9 Å². The van der Waals surface area contributed by atoms with Gasteiger partial charge in [-0.1, -0.05) is 60.6 Å². The van der Waals surface area contributed by atoms with Crippen molar-refractivity contribution in [3.05, 3.63) is 82.3 Å². The number of halogens is 4. The van der Waals surface area contributed by atoms with E-state index in [4.69, 9.17) is 9.97 Å². The highest BCUT2D eigenvalue weighted by Crippen LogP contribution is 2.31. The summed E-state index contributed by atoms with van der Waals surface area (Å²) in [5.74, 6) is 1.13. The lowest BCUT2D eigenvalue weighted by atomic mass is 9.91. The molecule has 5 rings (SSSR count). The predicted octanol–water partition coefficient (Wildman–Crippen LogP) is 8.75. The van der Waals surface area contributed by atoms with E-state index in [1.165, 1.54) is 11.6 Å². The summed E-state index contributed by atoms with van der Waals surface area (Å²) in [7, 11) is 0. The number of ether oxygens (including phenoxy) is 1. The zero-order chi connectivity index (χ0) is 28.1. The highest BCUT2D eigenvalue weighted by molar-refractivity contribution is 9.10. The van der Waals surface area contributed by atoms with Crippen LogP contribution in [0.5, 0.6) is 5.75 Å². The van der Waals surface area contributed by atoms with Crippen LogP contribution in [0, 0.1) is 0 Å². The Kier molecular flexibility index (Phi) is 10.1. The summed E-state index contributed by atoms with van der Waals surface area (Å²) in [5.41, 5.74) is 3.56. The fraction of sp³-hybridized carbons (Fsp3) is 0.355. The number of nitrogens with one attached hydrogen (secondary N) is 3. The maximum absolute atomic E-state index is 12.8. The Bertz CT molecular complexity index is 1440. The van der Waals surface area contributed by atoms with E-state index >= 15 is 0 Å². The van der Waals surface area contributed by atoms with Gasteiger partial charge in [-0.15, -0.1) is 13.2 Å². The largest absolute Gasteiger partial charge is 0.573 e. The van der Waals surface area contributed by atoms with E-state index in [-0.39, 0.29) is 25.3 Å². The van der Waals surface area contributed by atoms with Crippen molar-refractivity contribution in [2.75, 3.05) is 10.6 Å². The average Bonchev–Trinajstić information content (AvgIpc) is 2.93. The van der Waals surface area contributed by atoms with Crippen molar-refractivity contribution in [1.82, 2.24) is 15.3 Å². The summed E-state index contributed by atoms with van der Waals surface area (Å²) >= 11 is 3.22. The molecule has 0 atom stereocenters. The lowest BCUT2D eigenvalue weighted by molar-refractivity contribution is -0.274. The summed E-state index contributed by atoms with van der Waals surface area (Å²) in [4.78, 5) is 9.57. The number of fused-ring (bicyclic) bond motifs is 1. The van der Waals surface area contributed by atoms with Crippen molar-refractivity contribution in [2.45, 2.75) is 71.4 Å². The molecule has 0 spiro atoms. The summed E-state index contributed by atoms with van der Waals surface area (Å²) in [6, 6.07) is 21.4. The molecule has 3 aromatic carbocycles. The van der Waals surface area contributed by atoms with Crippen molar-refractivity contribution in [1.29, 1.82) is 0 Å². The lowest BCUT2D eigenvalue weighted by Crippen LogP contribution is -2.37. The van der Waals surface area contributed by atoms with Crippen LogP contribution in [0.25, 0.3) is 10.9 Å². The topological polar surface area (TPSA) is 71.1 Å². The summed E-state index contributed by atoms with van der Waals surface area (Å²) in [6.45, 7) is 2.43. The molecule has 0 unspecified atom stereocenters. The number of para-hydroxylation sites is 1. The lowest BCUT2D eigenvalue weighted by Gasteiger charge is -2.30. The third kappa shape index (κ3) is 8.33. The molecule has 1 aromatic heterocycles. The number of alkyl halides is 3. The van der Waals surface area contributed by atoms with Crippen molar-refractivity contribution >= 4 is 44.3 Å². The molecular formula is C31H35BrF3N5O. The maximum Gasteiger partial charge on any atom is 0.573 e. The molecule has 1 fully saturated rings. The molecule has 3 N–H and O–H groups in total. The zero-order valence-electron chi connectivity index (χ0n) is 22.1. The van der Waals surface area contributed by atoms with Crippen molar-refractivity contribution in [3.63, 3.8) is 0 Å². The standard InChI is InChI=1S/C30H31BrF3N5O.CH4/c1-2-19-7-11-23(12-8-19)36-28-25-5-3-4-6-26(25)38-29(39-28)37-24-15-13-22(14-16-24)35-18-20-9-10-21(31)17-27(20)40-30(32,33)34;/h3-12,17,22,24,35H,2,13-16,18H2,1H3,(H2,36,37,38,39);1H4.